The van der Waals surface area contributed by atoms with Crippen LogP contribution in [0.2, 0.25) is 0 Å². The summed E-state index contributed by atoms with van der Waals surface area (Å²) in [5.74, 6) is -0.301. The molecule has 4 aromatic rings. The summed E-state index contributed by atoms with van der Waals surface area (Å²) < 4.78 is 7.28. The molecule has 0 bridgehead atoms. The van der Waals surface area contributed by atoms with E-state index in [9.17, 15) is 19.5 Å². The van der Waals surface area contributed by atoms with Gasteiger partial charge < -0.3 is 14.5 Å². The van der Waals surface area contributed by atoms with Crippen molar-refractivity contribution in [2.75, 3.05) is 0 Å². The van der Waals surface area contributed by atoms with Gasteiger partial charge in [0.15, 0.2) is 0 Å². The molecule has 0 radical (unpaired) electrons. The first-order valence-corrected chi connectivity index (χ1v) is 9.95. The highest BCUT2D eigenvalue weighted by Gasteiger charge is 2.10. The van der Waals surface area contributed by atoms with Gasteiger partial charge in [-0.1, -0.05) is 42.5 Å². The molecular formula is C25H20N2O5. The predicted octanol–water partition coefficient (Wildman–Crippen LogP) is 2.17. The molecule has 0 aliphatic rings. The van der Waals surface area contributed by atoms with Gasteiger partial charge in [-0.3, -0.25) is 14.2 Å². The van der Waals surface area contributed by atoms with Crippen molar-refractivity contribution in [3.63, 3.8) is 0 Å². The van der Waals surface area contributed by atoms with Crippen LogP contribution >= 0.6 is 0 Å². The molecule has 0 aliphatic heterocycles. The van der Waals surface area contributed by atoms with Crippen LogP contribution in [0.5, 0.6) is 0 Å². The lowest BCUT2D eigenvalue weighted by Crippen LogP contribution is -2.53. The van der Waals surface area contributed by atoms with Crippen molar-refractivity contribution in [1.29, 1.82) is 0 Å². The number of nitrogens with one attached hydrogen (secondary N) is 1. The van der Waals surface area contributed by atoms with Gasteiger partial charge in [-0.05, 0) is 48.9 Å². The fraction of sp³-hybridized carbons (Fsp3) is 0.0800. The lowest BCUT2D eigenvalue weighted by atomic mass is 10.1. The monoisotopic (exact) mass is 428 g/mol. The number of hydrogen-bond donors (Lipinski definition) is 2. The second-order valence-corrected chi connectivity index (χ2v) is 7.15. The van der Waals surface area contributed by atoms with Gasteiger partial charge in [-0.2, -0.15) is 0 Å². The van der Waals surface area contributed by atoms with Crippen LogP contribution in [-0.2, 0) is 6.54 Å². The van der Waals surface area contributed by atoms with E-state index in [1.54, 1.807) is 37.3 Å². The molecule has 160 valence electrons. The van der Waals surface area contributed by atoms with Crippen LogP contribution in [0.1, 0.15) is 28.6 Å². The Hall–Kier alpha value is -4.39. The van der Waals surface area contributed by atoms with Gasteiger partial charge in [0.1, 0.15) is 22.2 Å². The molecule has 0 saturated carbocycles. The van der Waals surface area contributed by atoms with Crippen molar-refractivity contribution in [3.05, 3.63) is 115 Å². The van der Waals surface area contributed by atoms with Gasteiger partial charge in [-0.25, -0.2) is 4.79 Å². The van der Waals surface area contributed by atoms with E-state index in [0.29, 0.717) is 29.1 Å². The molecule has 0 spiro atoms. The van der Waals surface area contributed by atoms with Crippen molar-refractivity contribution >= 4 is 18.1 Å². The summed E-state index contributed by atoms with van der Waals surface area (Å²) in [5, 5.41) is 9.13. The summed E-state index contributed by atoms with van der Waals surface area (Å²) in [6.45, 7) is 2.06. The Balaban J connectivity index is 1.79. The standard InChI is InChI=1S/C25H20N2O5/c1-2-22-26-23(28)20(24(29)27(22)15-16-7-4-3-5-8-16)14-19-11-12-21(32-19)17-9-6-10-18(13-17)25(30)31/h2-14H,15H2,1H3,(H,26,28)(H,30,31)/b20-14+,22-2+. The molecule has 0 atom stereocenters. The van der Waals surface area contributed by atoms with Crippen molar-refractivity contribution in [2.24, 2.45) is 0 Å². The SMILES string of the molecule is C/C=c1\[nH]c(=O)/c(=C\c2ccc(-c3cccc(C(=O)O)c3)o2)c(=O)n1Cc1ccccc1. The maximum absolute atomic E-state index is 13.2. The quantitative estimate of drug-likeness (QED) is 0.507. The minimum atomic E-state index is -1.04. The third kappa shape index (κ3) is 4.22. The Morgan fingerprint density at radius 3 is 2.56 bits per heavy atom. The number of aromatic amines is 1. The maximum atomic E-state index is 13.2. The third-order valence-electron chi connectivity index (χ3n) is 5.02. The van der Waals surface area contributed by atoms with Crippen molar-refractivity contribution in [1.82, 2.24) is 9.55 Å². The number of carboxylic acids is 1. The summed E-state index contributed by atoms with van der Waals surface area (Å²) in [7, 11) is 0. The largest absolute Gasteiger partial charge is 0.478 e. The third-order valence-corrected chi connectivity index (χ3v) is 5.02. The molecule has 0 aliphatic carbocycles. The predicted molar refractivity (Wildman–Crippen MR) is 121 cm³/mol. The van der Waals surface area contributed by atoms with Crippen LogP contribution in [-0.4, -0.2) is 20.6 Å². The van der Waals surface area contributed by atoms with E-state index in [4.69, 9.17) is 4.42 Å². The number of aromatic carboxylic acids is 1. The topological polar surface area (TPSA) is 105 Å². The minimum Gasteiger partial charge on any atom is -0.478 e. The van der Waals surface area contributed by atoms with Gasteiger partial charge >= 0.3 is 5.97 Å². The average Bonchev–Trinajstić information content (AvgIpc) is 3.28. The number of carbonyl (C=O) groups is 1. The van der Waals surface area contributed by atoms with E-state index >= 15 is 0 Å². The Morgan fingerprint density at radius 2 is 1.84 bits per heavy atom. The van der Waals surface area contributed by atoms with E-state index in [-0.39, 0.29) is 10.8 Å². The van der Waals surface area contributed by atoms with E-state index in [1.165, 1.54) is 22.8 Å². The fourth-order valence-electron chi connectivity index (χ4n) is 3.41. The number of H-pyrrole nitrogens is 1. The number of rotatable bonds is 5. The molecule has 0 saturated heterocycles. The highest BCUT2D eigenvalue weighted by molar-refractivity contribution is 5.89. The lowest BCUT2D eigenvalue weighted by molar-refractivity contribution is 0.0697. The zero-order valence-electron chi connectivity index (χ0n) is 17.2. The van der Waals surface area contributed by atoms with Gasteiger partial charge in [0.25, 0.3) is 11.1 Å². The van der Waals surface area contributed by atoms with E-state index in [0.717, 1.165) is 5.56 Å². The Kier molecular flexibility index (Phi) is 5.72. The fourth-order valence-corrected chi connectivity index (χ4v) is 3.41. The Bertz CT molecular complexity index is 1530. The lowest BCUT2D eigenvalue weighted by Gasteiger charge is -2.07. The molecule has 2 N–H and O–H groups in total. The number of aromatic nitrogens is 2. The van der Waals surface area contributed by atoms with E-state index in [1.807, 2.05) is 30.3 Å². The zero-order chi connectivity index (χ0) is 22.7. The number of carboxylic acid groups (broad SMARTS) is 1. The van der Waals surface area contributed by atoms with Crippen LogP contribution < -0.4 is 21.8 Å². The summed E-state index contributed by atoms with van der Waals surface area (Å²) in [6.07, 6.45) is 3.07. The molecule has 7 nitrogen and oxygen atoms in total. The average molecular weight is 428 g/mol. The highest BCUT2D eigenvalue weighted by Crippen LogP contribution is 2.23. The van der Waals surface area contributed by atoms with E-state index in [2.05, 4.69) is 4.98 Å². The van der Waals surface area contributed by atoms with Crippen LogP contribution in [0, 0.1) is 0 Å². The number of hydrogen-bond acceptors (Lipinski definition) is 4. The van der Waals surface area contributed by atoms with Gasteiger partial charge in [0.05, 0.1) is 12.1 Å². The molecule has 4 rings (SSSR count). The molecule has 0 fully saturated rings. The molecule has 0 unspecified atom stereocenters. The first kappa shape index (κ1) is 20.9. The molecule has 7 heteroatoms. The second-order valence-electron chi connectivity index (χ2n) is 7.15. The first-order chi connectivity index (χ1) is 15.5. The first-order valence-electron chi connectivity index (χ1n) is 9.95. The maximum Gasteiger partial charge on any atom is 0.335 e. The van der Waals surface area contributed by atoms with Crippen LogP contribution in [0.15, 0.2) is 80.7 Å². The molecule has 2 aromatic heterocycles. The summed E-state index contributed by atoms with van der Waals surface area (Å²) in [4.78, 5) is 39.7. The minimum absolute atomic E-state index is 0.0493. The number of benzene rings is 2. The van der Waals surface area contributed by atoms with Crippen molar-refractivity contribution in [3.8, 4) is 11.3 Å². The van der Waals surface area contributed by atoms with E-state index < -0.39 is 17.1 Å². The molecule has 2 heterocycles. The van der Waals surface area contributed by atoms with Crippen LogP contribution in [0.3, 0.4) is 0 Å². The number of nitrogens with zero attached hydrogens (tertiary/aromatic N) is 1. The van der Waals surface area contributed by atoms with Crippen molar-refractivity contribution < 1.29 is 14.3 Å². The smallest absolute Gasteiger partial charge is 0.335 e. The van der Waals surface area contributed by atoms with Gasteiger partial charge in [0.2, 0.25) is 0 Å². The zero-order valence-corrected chi connectivity index (χ0v) is 17.2. The Morgan fingerprint density at radius 1 is 1.06 bits per heavy atom. The molecule has 32 heavy (non-hydrogen) atoms. The second kappa shape index (κ2) is 8.77. The summed E-state index contributed by atoms with van der Waals surface area (Å²) in [6, 6.07) is 19.1. The number of furan rings is 1. The molecule has 0 amide bonds. The molecule has 2 aromatic carbocycles. The van der Waals surface area contributed by atoms with Crippen molar-refractivity contribution in [2.45, 2.75) is 13.5 Å². The summed E-state index contributed by atoms with van der Waals surface area (Å²) >= 11 is 0. The highest BCUT2D eigenvalue weighted by atomic mass is 16.4. The van der Waals surface area contributed by atoms with Gasteiger partial charge in [0, 0.05) is 5.56 Å². The molecular weight excluding hydrogens is 408 g/mol. The normalized spacial score (nSPS) is 12.3. The van der Waals surface area contributed by atoms with Gasteiger partial charge in [-0.15, -0.1) is 0 Å². The summed E-state index contributed by atoms with van der Waals surface area (Å²) in [5.41, 5.74) is 1.11. The van der Waals surface area contributed by atoms with Crippen LogP contribution in [0.25, 0.3) is 23.5 Å². The Labute approximate surface area is 182 Å². The van der Waals surface area contributed by atoms with Crippen LogP contribution in [0.4, 0.5) is 0 Å².